The molecule has 1 aliphatic heterocycles. The summed E-state index contributed by atoms with van der Waals surface area (Å²) in [6.07, 6.45) is 0. The van der Waals surface area contributed by atoms with Crippen molar-refractivity contribution in [1.82, 2.24) is 4.90 Å². The lowest BCUT2D eigenvalue weighted by atomic mass is 9.96. The van der Waals surface area contributed by atoms with E-state index in [1.165, 1.54) is 0 Å². The lowest BCUT2D eigenvalue weighted by molar-refractivity contribution is 0.0714. The van der Waals surface area contributed by atoms with Crippen LogP contribution in [-0.2, 0) is 6.54 Å². The molecule has 36 heavy (non-hydrogen) atoms. The molecule has 2 heterocycles. The van der Waals surface area contributed by atoms with Gasteiger partial charge in [-0.15, -0.1) is 0 Å². The lowest BCUT2D eigenvalue weighted by Gasteiger charge is -2.26. The highest BCUT2D eigenvalue weighted by Gasteiger charge is 2.43. The van der Waals surface area contributed by atoms with E-state index in [1.54, 1.807) is 12.0 Å². The first kappa shape index (κ1) is 23.7. The second-order valence-electron chi connectivity index (χ2n) is 9.29. The van der Waals surface area contributed by atoms with Gasteiger partial charge in [-0.2, -0.15) is 0 Å². The van der Waals surface area contributed by atoms with Crippen LogP contribution in [0.25, 0.3) is 11.0 Å². The average molecular weight is 484 g/mol. The minimum Gasteiger partial charge on any atom is -0.493 e. The number of fused-ring (bicyclic) bond motifs is 2. The molecule has 1 atom stereocenters. The Morgan fingerprint density at radius 2 is 1.67 bits per heavy atom. The van der Waals surface area contributed by atoms with Gasteiger partial charge in [0.05, 0.1) is 30.7 Å². The molecule has 0 aliphatic carbocycles. The fourth-order valence-electron chi connectivity index (χ4n) is 5.04. The lowest BCUT2D eigenvalue weighted by Crippen LogP contribution is -2.29. The van der Waals surface area contributed by atoms with Crippen molar-refractivity contribution in [2.45, 2.75) is 40.3 Å². The highest BCUT2D eigenvalue weighted by molar-refractivity contribution is 5.99. The molecule has 5 rings (SSSR count). The summed E-state index contributed by atoms with van der Waals surface area (Å²) in [5.74, 6) is 0.946. The van der Waals surface area contributed by atoms with Gasteiger partial charge in [0.1, 0.15) is 5.58 Å². The Labute approximate surface area is 210 Å². The van der Waals surface area contributed by atoms with Gasteiger partial charge < -0.3 is 18.8 Å². The Kier molecular flexibility index (Phi) is 6.04. The van der Waals surface area contributed by atoms with Crippen molar-refractivity contribution >= 4 is 16.9 Å². The molecule has 0 N–H and O–H groups in total. The minimum absolute atomic E-state index is 0.0995. The van der Waals surface area contributed by atoms with Crippen LogP contribution in [0.1, 0.15) is 56.9 Å². The standard InChI is InChI=1S/C30H29NO5/c1-6-35-22-12-11-21(15-23(22)34-5)27-26-28(32)25-19(4)13-18(3)14-24(25)36-29(26)30(33)31(27)16-20-9-7-17(2)8-10-20/h7-15,27H,6,16H2,1-5H3. The number of benzene rings is 3. The molecule has 1 unspecified atom stereocenters. The highest BCUT2D eigenvalue weighted by atomic mass is 16.5. The Bertz CT molecular complexity index is 1530. The fraction of sp³-hybridized carbons (Fsp3) is 0.267. The predicted octanol–water partition coefficient (Wildman–Crippen LogP) is 5.87. The van der Waals surface area contributed by atoms with Crippen LogP contribution in [0.3, 0.4) is 0 Å². The summed E-state index contributed by atoms with van der Waals surface area (Å²) < 4.78 is 17.4. The Hall–Kier alpha value is -4.06. The van der Waals surface area contributed by atoms with Gasteiger partial charge in [0.15, 0.2) is 16.9 Å². The summed E-state index contributed by atoms with van der Waals surface area (Å²) in [5.41, 5.74) is 5.27. The van der Waals surface area contributed by atoms with E-state index in [1.807, 2.05) is 82.3 Å². The largest absolute Gasteiger partial charge is 0.493 e. The molecule has 6 nitrogen and oxygen atoms in total. The van der Waals surface area contributed by atoms with Crippen molar-refractivity contribution < 1.29 is 18.7 Å². The van der Waals surface area contributed by atoms with Crippen LogP contribution < -0.4 is 14.9 Å². The molecule has 0 fully saturated rings. The monoisotopic (exact) mass is 483 g/mol. The number of methoxy groups -OCH3 is 1. The molecule has 6 heteroatoms. The van der Waals surface area contributed by atoms with Crippen molar-refractivity contribution in [3.8, 4) is 11.5 Å². The van der Waals surface area contributed by atoms with Gasteiger partial charge in [0.25, 0.3) is 5.91 Å². The normalized spacial score (nSPS) is 14.9. The van der Waals surface area contributed by atoms with Gasteiger partial charge in [0.2, 0.25) is 5.76 Å². The van der Waals surface area contributed by atoms with Crippen molar-refractivity contribution in [3.05, 3.63) is 104 Å². The Morgan fingerprint density at radius 1 is 0.917 bits per heavy atom. The summed E-state index contributed by atoms with van der Waals surface area (Å²) in [5, 5.41) is 0.507. The van der Waals surface area contributed by atoms with Gasteiger partial charge in [0, 0.05) is 6.54 Å². The third-order valence-electron chi connectivity index (χ3n) is 6.69. The SMILES string of the molecule is CCOc1ccc(C2c3c(oc4cc(C)cc(C)c4c3=O)C(=O)N2Cc2ccc(C)cc2)cc1OC. The summed E-state index contributed by atoms with van der Waals surface area (Å²) in [6, 6.07) is 16.7. The maximum absolute atomic E-state index is 14.0. The molecule has 3 aromatic carbocycles. The third-order valence-corrected chi connectivity index (χ3v) is 6.69. The van der Waals surface area contributed by atoms with Crippen LogP contribution in [0.5, 0.6) is 11.5 Å². The van der Waals surface area contributed by atoms with E-state index >= 15 is 0 Å². The number of ether oxygens (including phenoxy) is 2. The van der Waals surface area contributed by atoms with E-state index in [9.17, 15) is 9.59 Å². The number of hydrogen-bond acceptors (Lipinski definition) is 5. The number of aryl methyl sites for hydroxylation is 3. The van der Waals surface area contributed by atoms with E-state index in [2.05, 4.69) is 0 Å². The van der Waals surface area contributed by atoms with Crippen molar-refractivity contribution in [3.63, 3.8) is 0 Å². The number of amides is 1. The maximum Gasteiger partial charge on any atom is 0.291 e. The topological polar surface area (TPSA) is 69.0 Å². The van der Waals surface area contributed by atoms with Crippen molar-refractivity contribution in [2.24, 2.45) is 0 Å². The molecule has 4 aromatic rings. The van der Waals surface area contributed by atoms with Crippen LogP contribution in [0.4, 0.5) is 0 Å². The molecule has 0 bridgehead atoms. The van der Waals surface area contributed by atoms with E-state index in [0.29, 0.717) is 41.2 Å². The van der Waals surface area contributed by atoms with Gasteiger partial charge in [-0.05, 0) is 68.1 Å². The maximum atomic E-state index is 14.0. The molecule has 1 amide bonds. The summed E-state index contributed by atoms with van der Waals surface area (Å²) in [6.45, 7) is 8.59. The summed E-state index contributed by atoms with van der Waals surface area (Å²) in [7, 11) is 1.58. The van der Waals surface area contributed by atoms with E-state index in [0.717, 1.165) is 27.8 Å². The first-order valence-electron chi connectivity index (χ1n) is 12.1. The first-order valence-corrected chi connectivity index (χ1v) is 12.1. The van der Waals surface area contributed by atoms with Crippen molar-refractivity contribution in [2.75, 3.05) is 13.7 Å². The second kappa shape index (κ2) is 9.19. The quantitative estimate of drug-likeness (QED) is 0.343. The smallest absolute Gasteiger partial charge is 0.291 e. The average Bonchev–Trinajstić information content (AvgIpc) is 3.12. The minimum atomic E-state index is -0.625. The Balaban J connectivity index is 1.73. The fourth-order valence-corrected chi connectivity index (χ4v) is 5.04. The van der Waals surface area contributed by atoms with Crippen LogP contribution >= 0.6 is 0 Å². The predicted molar refractivity (Wildman–Crippen MR) is 139 cm³/mol. The zero-order valence-electron chi connectivity index (χ0n) is 21.2. The highest BCUT2D eigenvalue weighted by Crippen LogP contribution is 2.42. The van der Waals surface area contributed by atoms with Gasteiger partial charge in [-0.25, -0.2) is 0 Å². The molecule has 184 valence electrons. The summed E-state index contributed by atoms with van der Waals surface area (Å²) >= 11 is 0. The van der Waals surface area contributed by atoms with Crippen LogP contribution in [0.2, 0.25) is 0 Å². The van der Waals surface area contributed by atoms with E-state index in [4.69, 9.17) is 13.9 Å². The zero-order chi connectivity index (χ0) is 25.6. The van der Waals surface area contributed by atoms with Crippen LogP contribution in [0, 0.1) is 20.8 Å². The molecule has 1 aromatic heterocycles. The summed E-state index contributed by atoms with van der Waals surface area (Å²) in [4.78, 5) is 29.4. The van der Waals surface area contributed by atoms with Gasteiger partial charge in [-0.3, -0.25) is 9.59 Å². The number of nitrogens with zero attached hydrogens (tertiary/aromatic N) is 1. The van der Waals surface area contributed by atoms with Crippen LogP contribution in [0.15, 0.2) is 63.8 Å². The Morgan fingerprint density at radius 3 is 2.36 bits per heavy atom. The molecule has 1 aliphatic rings. The molecule has 0 radical (unpaired) electrons. The third kappa shape index (κ3) is 3.92. The first-order chi connectivity index (χ1) is 17.3. The molecule has 0 saturated heterocycles. The van der Waals surface area contributed by atoms with Crippen LogP contribution in [-0.4, -0.2) is 24.5 Å². The number of hydrogen-bond donors (Lipinski definition) is 0. The molecular weight excluding hydrogens is 454 g/mol. The van der Waals surface area contributed by atoms with Gasteiger partial charge in [-0.1, -0.05) is 42.0 Å². The number of carbonyl (C=O) groups excluding carboxylic acids is 1. The molecule has 0 spiro atoms. The van der Waals surface area contributed by atoms with Crippen molar-refractivity contribution in [1.29, 1.82) is 0 Å². The molecular formula is C30H29NO5. The van der Waals surface area contributed by atoms with E-state index < -0.39 is 6.04 Å². The van der Waals surface area contributed by atoms with E-state index in [-0.39, 0.29) is 17.1 Å². The number of rotatable bonds is 6. The second-order valence-corrected chi connectivity index (χ2v) is 9.29. The number of carbonyl (C=O) groups is 1. The molecule has 0 saturated carbocycles. The zero-order valence-corrected chi connectivity index (χ0v) is 21.2. The van der Waals surface area contributed by atoms with Gasteiger partial charge >= 0.3 is 0 Å².